The standard InChI is InChI=1S/C16H29N3O/c1-16(8-2-3-9-16)18-15(20)14-5-4-12-19(14)13-6-10-17-11-7-13/h13-14,17H,2-12H2,1H3,(H,18,20). The maximum Gasteiger partial charge on any atom is 0.237 e. The lowest BCUT2D eigenvalue weighted by molar-refractivity contribution is -0.128. The molecule has 1 unspecified atom stereocenters. The summed E-state index contributed by atoms with van der Waals surface area (Å²) in [5.41, 5.74) is 0.0689. The fourth-order valence-corrected chi connectivity index (χ4v) is 4.31. The Labute approximate surface area is 122 Å². The second-order valence-corrected chi connectivity index (χ2v) is 7.13. The molecule has 1 saturated carbocycles. The van der Waals surface area contributed by atoms with Crippen molar-refractivity contribution in [3.8, 4) is 0 Å². The van der Waals surface area contributed by atoms with Crippen molar-refractivity contribution in [2.45, 2.75) is 75.9 Å². The Hall–Kier alpha value is -0.610. The summed E-state index contributed by atoms with van der Waals surface area (Å²) in [5.74, 6) is 0.297. The zero-order valence-corrected chi connectivity index (χ0v) is 12.8. The quantitative estimate of drug-likeness (QED) is 0.826. The van der Waals surface area contributed by atoms with Gasteiger partial charge in [-0.3, -0.25) is 9.69 Å². The van der Waals surface area contributed by atoms with Crippen LogP contribution in [0.5, 0.6) is 0 Å². The minimum atomic E-state index is 0.0689. The number of nitrogens with zero attached hydrogens (tertiary/aromatic N) is 1. The van der Waals surface area contributed by atoms with Crippen LogP contribution in [0.1, 0.15) is 58.3 Å². The second kappa shape index (κ2) is 6.02. The van der Waals surface area contributed by atoms with Gasteiger partial charge in [0, 0.05) is 11.6 Å². The lowest BCUT2D eigenvalue weighted by Crippen LogP contribution is -2.54. The average molecular weight is 279 g/mol. The maximum absolute atomic E-state index is 12.7. The molecule has 1 aliphatic carbocycles. The first-order valence-electron chi connectivity index (χ1n) is 8.46. The number of carbonyl (C=O) groups is 1. The predicted molar refractivity (Wildman–Crippen MR) is 80.6 cm³/mol. The molecule has 20 heavy (non-hydrogen) atoms. The molecule has 4 heteroatoms. The first-order valence-corrected chi connectivity index (χ1v) is 8.46. The van der Waals surface area contributed by atoms with Gasteiger partial charge in [0.05, 0.1) is 6.04 Å². The summed E-state index contributed by atoms with van der Waals surface area (Å²) >= 11 is 0. The lowest BCUT2D eigenvalue weighted by atomic mass is 9.99. The molecule has 2 N–H and O–H groups in total. The van der Waals surface area contributed by atoms with Crippen molar-refractivity contribution in [1.82, 2.24) is 15.5 Å². The predicted octanol–water partition coefficient (Wildman–Crippen LogP) is 1.65. The van der Waals surface area contributed by atoms with Crippen molar-refractivity contribution < 1.29 is 4.79 Å². The molecule has 0 spiro atoms. The smallest absolute Gasteiger partial charge is 0.237 e. The van der Waals surface area contributed by atoms with E-state index in [4.69, 9.17) is 0 Å². The maximum atomic E-state index is 12.7. The zero-order chi connectivity index (χ0) is 14.0. The van der Waals surface area contributed by atoms with E-state index in [1.165, 1.54) is 32.1 Å². The van der Waals surface area contributed by atoms with Crippen LogP contribution in [0.25, 0.3) is 0 Å². The van der Waals surface area contributed by atoms with E-state index in [9.17, 15) is 4.79 Å². The summed E-state index contributed by atoms with van der Waals surface area (Å²) in [6, 6.07) is 0.751. The van der Waals surface area contributed by atoms with E-state index in [0.29, 0.717) is 11.9 Å². The fraction of sp³-hybridized carbons (Fsp3) is 0.938. The number of amides is 1. The first-order chi connectivity index (χ1) is 9.68. The lowest BCUT2D eigenvalue weighted by Gasteiger charge is -2.36. The largest absolute Gasteiger partial charge is 0.350 e. The van der Waals surface area contributed by atoms with E-state index in [2.05, 4.69) is 22.5 Å². The molecule has 3 rings (SSSR count). The Bertz CT molecular complexity index is 346. The summed E-state index contributed by atoms with van der Waals surface area (Å²) in [6.45, 7) is 5.54. The van der Waals surface area contributed by atoms with Crippen LogP contribution in [0.3, 0.4) is 0 Å². The van der Waals surface area contributed by atoms with Crippen molar-refractivity contribution in [3.05, 3.63) is 0 Å². The summed E-state index contributed by atoms with van der Waals surface area (Å²) in [6.07, 6.45) is 9.45. The van der Waals surface area contributed by atoms with Crippen LogP contribution >= 0.6 is 0 Å². The molecule has 114 valence electrons. The summed E-state index contributed by atoms with van der Waals surface area (Å²) < 4.78 is 0. The summed E-state index contributed by atoms with van der Waals surface area (Å²) in [7, 11) is 0. The highest BCUT2D eigenvalue weighted by Crippen LogP contribution is 2.30. The molecular weight excluding hydrogens is 250 g/mol. The molecule has 0 aromatic rings. The zero-order valence-electron chi connectivity index (χ0n) is 12.8. The van der Waals surface area contributed by atoms with Gasteiger partial charge in [-0.2, -0.15) is 0 Å². The number of hydrogen-bond acceptors (Lipinski definition) is 3. The Morgan fingerprint density at radius 1 is 1.15 bits per heavy atom. The van der Waals surface area contributed by atoms with Crippen molar-refractivity contribution in [2.24, 2.45) is 0 Å². The Morgan fingerprint density at radius 2 is 1.85 bits per heavy atom. The first kappa shape index (κ1) is 14.3. The molecule has 1 amide bonds. The average Bonchev–Trinajstić information content (AvgIpc) is 3.08. The van der Waals surface area contributed by atoms with Crippen LogP contribution in [0.2, 0.25) is 0 Å². The monoisotopic (exact) mass is 279 g/mol. The van der Waals surface area contributed by atoms with Crippen LogP contribution in [-0.4, -0.2) is 48.1 Å². The fourth-order valence-electron chi connectivity index (χ4n) is 4.31. The van der Waals surface area contributed by atoms with Crippen LogP contribution < -0.4 is 10.6 Å². The van der Waals surface area contributed by atoms with Crippen LogP contribution in [0, 0.1) is 0 Å². The highest BCUT2D eigenvalue weighted by Gasteiger charge is 2.39. The number of piperidine rings is 1. The topological polar surface area (TPSA) is 44.4 Å². The van der Waals surface area contributed by atoms with Gasteiger partial charge >= 0.3 is 0 Å². The molecule has 1 atom stereocenters. The number of hydrogen-bond donors (Lipinski definition) is 2. The number of nitrogens with one attached hydrogen (secondary N) is 2. The van der Waals surface area contributed by atoms with Gasteiger partial charge in [0.2, 0.25) is 5.91 Å². The van der Waals surface area contributed by atoms with Gasteiger partial charge in [0.15, 0.2) is 0 Å². The second-order valence-electron chi connectivity index (χ2n) is 7.13. The van der Waals surface area contributed by atoms with E-state index in [1.54, 1.807) is 0 Å². The normalized spacial score (nSPS) is 31.6. The van der Waals surface area contributed by atoms with E-state index < -0.39 is 0 Å². The van der Waals surface area contributed by atoms with Gasteiger partial charge in [-0.25, -0.2) is 0 Å². The molecular formula is C16H29N3O. The number of rotatable bonds is 3. The van der Waals surface area contributed by atoms with Gasteiger partial charge in [0.25, 0.3) is 0 Å². The highest BCUT2D eigenvalue weighted by atomic mass is 16.2. The Balaban J connectivity index is 1.60. The van der Waals surface area contributed by atoms with E-state index >= 15 is 0 Å². The Morgan fingerprint density at radius 3 is 2.55 bits per heavy atom. The van der Waals surface area contributed by atoms with Crippen molar-refractivity contribution in [1.29, 1.82) is 0 Å². The minimum Gasteiger partial charge on any atom is -0.350 e. The van der Waals surface area contributed by atoms with Gasteiger partial charge in [-0.15, -0.1) is 0 Å². The molecule has 4 nitrogen and oxygen atoms in total. The van der Waals surface area contributed by atoms with Crippen molar-refractivity contribution in [2.75, 3.05) is 19.6 Å². The number of carbonyl (C=O) groups excluding carboxylic acids is 1. The molecule has 2 aliphatic heterocycles. The van der Waals surface area contributed by atoms with Crippen LogP contribution in [0.15, 0.2) is 0 Å². The van der Waals surface area contributed by atoms with Crippen molar-refractivity contribution in [3.63, 3.8) is 0 Å². The molecule has 3 aliphatic rings. The SMILES string of the molecule is CC1(NC(=O)C2CCCN2C2CCNCC2)CCCC1. The van der Waals surface area contributed by atoms with Gasteiger partial charge < -0.3 is 10.6 Å². The van der Waals surface area contributed by atoms with Gasteiger partial charge in [0.1, 0.15) is 0 Å². The number of likely N-dealkylation sites (tertiary alicyclic amines) is 1. The third kappa shape index (κ3) is 3.01. The third-order valence-electron chi connectivity index (χ3n) is 5.51. The minimum absolute atomic E-state index is 0.0689. The molecule has 2 heterocycles. The molecule has 0 bridgehead atoms. The van der Waals surface area contributed by atoms with Gasteiger partial charge in [-0.05, 0) is 65.1 Å². The van der Waals surface area contributed by atoms with Crippen LogP contribution in [-0.2, 0) is 4.79 Å². The molecule has 0 aromatic carbocycles. The highest BCUT2D eigenvalue weighted by molar-refractivity contribution is 5.82. The molecule has 0 aromatic heterocycles. The van der Waals surface area contributed by atoms with Crippen LogP contribution in [0.4, 0.5) is 0 Å². The molecule has 0 radical (unpaired) electrons. The van der Waals surface area contributed by atoms with E-state index in [1.807, 2.05) is 0 Å². The van der Waals surface area contributed by atoms with E-state index in [-0.39, 0.29) is 11.6 Å². The third-order valence-corrected chi connectivity index (χ3v) is 5.51. The summed E-state index contributed by atoms with van der Waals surface area (Å²) in [4.78, 5) is 15.2. The van der Waals surface area contributed by atoms with Gasteiger partial charge in [-0.1, -0.05) is 12.8 Å². The summed E-state index contributed by atoms with van der Waals surface area (Å²) in [5, 5.41) is 6.79. The van der Waals surface area contributed by atoms with Crippen molar-refractivity contribution >= 4 is 5.91 Å². The molecule has 3 fully saturated rings. The molecule has 2 saturated heterocycles. The Kier molecular flexibility index (Phi) is 4.32. The van der Waals surface area contributed by atoms with E-state index in [0.717, 1.165) is 38.9 Å².